The molecule has 2 rings (SSSR count). The number of primary amides is 1. The molecule has 0 bridgehead atoms. The Balaban J connectivity index is 2.03. The lowest BCUT2D eigenvalue weighted by atomic mass is 10.2. The molecule has 7 nitrogen and oxygen atoms in total. The predicted molar refractivity (Wildman–Crippen MR) is 79.5 cm³/mol. The largest absolute Gasteiger partial charge is 0.426 e. The molecule has 0 spiro atoms. The van der Waals surface area contributed by atoms with Gasteiger partial charge in [-0.05, 0) is 43.2 Å². The number of nitrogens with zero attached hydrogens (tertiary/aromatic N) is 2. The van der Waals surface area contributed by atoms with E-state index >= 15 is 0 Å². The SMILES string of the molecule is CC(C#Cc1ccc(Oc2ccc(C#N)cc2)o1)N(O)C(N)=O. The van der Waals surface area contributed by atoms with Crippen LogP contribution in [0.4, 0.5) is 4.79 Å². The zero-order valence-corrected chi connectivity index (χ0v) is 12.2. The van der Waals surface area contributed by atoms with Gasteiger partial charge in [0, 0.05) is 6.07 Å². The molecule has 23 heavy (non-hydrogen) atoms. The van der Waals surface area contributed by atoms with Gasteiger partial charge in [-0.25, -0.2) is 4.79 Å². The Bertz CT molecular complexity index is 793. The fourth-order valence-electron chi connectivity index (χ4n) is 1.58. The van der Waals surface area contributed by atoms with Gasteiger partial charge in [-0.2, -0.15) is 10.3 Å². The van der Waals surface area contributed by atoms with E-state index in [4.69, 9.17) is 20.1 Å². The van der Waals surface area contributed by atoms with Gasteiger partial charge in [-0.15, -0.1) is 0 Å². The van der Waals surface area contributed by atoms with Gasteiger partial charge in [-0.1, -0.05) is 5.92 Å². The number of nitrogens with two attached hydrogens (primary N) is 1. The van der Waals surface area contributed by atoms with Crippen molar-refractivity contribution >= 4 is 6.03 Å². The molecule has 1 aromatic heterocycles. The highest BCUT2D eigenvalue weighted by molar-refractivity contribution is 5.71. The zero-order chi connectivity index (χ0) is 16.8. The molecule has 0 radical (unpaired) electrons. The molecule has 1 atom stereocenters. The van der Waals surface area contributed by atoms with Crippen LogP contribution in [0.15, 0.2) is 40.8 Å². The number of hydrogen-bond donors (Lipinski definition) is 2. The molecule has 1 heterocycles. The second-order valence-electron chi connectivity index (χ2n) is 4.49. The summed E-state index contributed by atoms with van der Waals surface area (Å²) in [5.41, 5.74) is 5.45. The summed E-state index contributed by atoms with van der Waals surface area (Å²) in [4.78, 5) is 10.8. The zero-order valence-electron chi connectivity index (χ0n) is 12.2. The van der Waals surface area contributed by atoms with Crippen LogP contribution in [0, 0.1) is 23.2 Å². The first-order chi connectivity index (χ1) is 11.0. The van der Waals surface area contributed by atoms with Crippen LogP contribution in [0.1, 0.15) is 18.2 Å². The van der Waals surface area contributed by atoms with E-state index in [2.05, 4.69) is 11.8 Å². The molecule has 0 saturated carbocycles. The van der Waals surface area contributed by atoms with Crippen LogP contribution >= 0.6 is 0 Å². The number of carbonyl (C=O) groups excluding carboxylic acids is 1. The minimum Gasteiger partial charge on any atom is -0.426 e. The summed E-state index contributed by atoms with van der Waals surface area (Å²) in [6, 6.07) is 9.95. The highest BCUT2D eigenvalue weighted by atomic mass is 16.6. The van der Waals surface area contributed by atoms with Crippen molar-refractivity contribution in [2.24, 2.45) is 5.73 Å². The van der Waals surface area contributed by atoms with Crippen molar-refractivity contribution in [2.45, 2.75) is 13.0 Å². The maximum Gasteiger partial charge on any atom is 0.339 e. The van der Waals surface area contributed by atoms with E-state index in [1.807, 2.05) is 6.07 Å². The highest BCUT2D eigenvalue weighted by Gasteiger charge is 2.12. The number of hydroxylamine groups is 2. The van der Waals surface area contributed by atoms with Crippen LogP contribution in [0.2, 0.25) is 0 Å². The molecule has 0 saturated heterocycles. The van der Waals surface area contributed by atoms with Crippen molar-refractivity contribution < 1.29 is 19.2 Å². The number of rotatable bonds is 3. The van der Waals surface area contributed by atoms with Crippen molar-refractivity contribution in [3.05, 3.63) is 47.7 Å². The van der Waals surface area contributed by atoms with Gasteiger partial charge in [-0.3, -0.25) is 5.21 Å². The average Bonchev–Trinajstić information content (AvgIpc) is 3.00. The molecular weight excluding hydrogens is 298 g/mol. The van der Waals surface area contributed by atoms with Gasteiger partial charge in [0.2, 0.25) is 0 Å². The lowest BCUT2D eigenvalue weighted by Crippen LogP contribution is -2.38. The van der Waals surface area contributed by atoms with E-state index in [0.29, 0.717) is 22.1 Å². The first-order valence-corrected chi connectivity index (χ1v) is 6.56. The van der Waals surface area contributed by atoms with Crippen LogP contribution in [-0.2, 0) is 0 Å². The third-order valence-corrected chi connectivity index (χ3v) is 2.78. The fourth-order valence-corrected chi connectivity index (χ4v) is 1.58. The monoisotopic (exact) mass is 311 g/mol. The van der Waals surface area contributed by atoms with Crippen LogP contribution in [0.25, 0.3) is 0 Å². The lowest BCUT2D eigenvalue weighted by Gasteiger charge is -2.14. The molecule has 7 heteroatoms. The summed E-state index contributed by atoms with van der Waals surface area (Å²) in [6.07, 6.45) is 0. The summed E-state index contributed by atoms with van der Waals surface area (Å²) in [6.45, 7) is 1.51. The summed E-state index contributed by atoms with van der Waals surface area (Å²) < 4.78 is 10.8. The first kappa shape index (κ1) is 16.0. The molecule has 2 aromatic rings. The minimum absolute atomic E-state index is 0.224. The summed E-state index contributed by atoms with van der Waals surface area (Å²) in [5.74, 6) is 6.31. The smallest absolute Gasteiger partial charge is 0.339 e. The number of urea groups is 1. The van der Waals surface area contributed by atoms with Gasteiger partial charge in [0.05, 0.1) is 11.6 Å². The van der Waals surface area contributed by atoms with E-state index in [1.165, 1.54) is 6.92 Å². The van der Waals surface area contributed by atoms with E-state index in [0.717, 1.165) is 0 Å². The quantitative estimate of drug-likeness (QED) is 0.513. The predicted octanol–water partition coefficient (Wildman–Crippen LogP) is 2.45. The number of nitriles is 1. The van der Waals surface area contributed by atoms with E-state index < -0.39 is 12.1 Å². The standard InChI is InChI=1S/C16H13N3O4/c1-11(19(21)16(18)20)2-5-13-8-9-15(22-13)23-14-6-3-12(10-17)4-7-14/h3-4,6-9,11,21H,1H3,(H2,18,20). The Morgan fingerprint density at radius 2 is 2.04 bits per heavy atom. The molecule has 0 aliphatic carbocycles. The topological polar surface area (TPSA) is 113 Å². The van der Waals surface area contributed by atoms with Gasteiger partial charge in [0.25, 0.3) is 5.95 Å². The van der Waals surface area contributed by atoms with E-state index in [1.54, 1.807) is 36.4 Å². The molecule has 0 aliphatic rings. The minimum atomic E-state index is -0.990. The summed E-state index contributed by atoms with van der Waals surface area (Å²) >= 11 is 0. The number of hydrogen-bond acceptors (Lipinski definition) is 5. The molecule has 2 amide bonds. The number of amides is 2. The Labute approximate surface area is 132 Å². The molecule has 116 valence electrons. The molecule has 1 aromatic carbocycles. The number of furan rings is 1. The lowest BCUT2D eigenvalue weighted by molar-refractivity contribution is -0.0536. The maximum absolute atomic E-state index is 10.8. The molecule has 1 unspecified atom stereocenters. The maximum atomic E-state index is 10.8. The molecular formula is C16H13N3O4. The third kappa shape index (κ3) is 4.27. The number of benzene rings is 1. The van der Waals surface area contributed by atoms with Crippen molar-refractivity contribution in [1.29, 1.82) is 5.26 Å². The van der Waals surface area contributed by atoms with E-state index in [9.17, 15) is 10.0 Å². The third-order valence-electron chi connectivity index (χ3n) is 2.78. The average molecular weight is 311 g/mol. The second-order valence-corrected chi connectivity index (χ2v) is 4.49. The Morgan fingerprint density at radius 1 is 1.35 bits per heavy atom. The Hall–Kier alpha value is -3.42. The first-order valence-electron chi connectivity index (χ1n) is 6.56. The van der Waals surface area contributed by atoms with Crippen LogP contribution in [0.5, 0.6) is 11.7 Å². The van der Waals surface area contributed by atoms with Crippen molar-refractivity contribution in [3.8, 4) is 29.6 Å². The fraction of sp³-hybridized carbons (Fsp3) is 0.125. The second kappa shape index (κ2) is 7.03. The molecule has 0 aliphatic heterocycles. The van der Waals surface area contributed by atoms with Crippen LogP contribution in [0.3, 0.4) is 0 Å². The van der Waals surface area contributed by atoms with Crippen molar-refractivity contribution in [2.75, 3.05) is 0 Å². The van der Waals surface area contributed by atoms with Crippen molar-refractivity contribution in [3.63, 3.8) is 0 Å². The van der Waals surface area contributed by atoms with Crippen molar-refractivity contribution in [1.82, 2.24) is 5.06 Å². The van der Waals surface area contributed by atoms with Crippen LogP contribution in [-0.4, -0.2) is 22.3 Å². The number of ether oxygens (including phenoxy) is 1. The summed E-state index contributed by atoms with van der Waals surface area (Å²) in [5, 5.41) is 18.3. The Morgan fingerprint density at radius 3 is 2.65 bits per heavy atom. The van der Waals surface area contributed by atoms with Gasteiger partial charge in [0.15, 0.2) is 5.76 Å². The Kier molecular flexibility index (Phi) is 4.88. The molecule has 3 N–H and O–H groups in total. The summed E-state index contributed by atoms with van der Waals surface area (Å²) in [7, 11) is 0. The number of carbonyl (C=O) groups is 1. The van der Waals surface area contributed by atoms with Gasteiger partial charge in [0.1, 0.15) is 11.8 Å². The highest BCUT2D eigenvalue weighted by Crippen LogP contribution is 2.23. The van der Waals surface area contributed by atoms with Crippen LogP contribution < -0.4 is 10.5 Å². The normalized spacial score (nSPS) is 10.8. The van der Waals surface area contributed by atoms with E-state index in [-0.39, 0.29) is 5.95 Å². The van der Waals surface area contributed by atoms with Gasteiger partial charge >= 0.3 is 6.03 Å². The van der Waals surface area contributed by atoms with Gasteiger partial charge < -0.3 is 14.9 Å². The molecule has 0 fully saturated rings.